The van der Waals surface area contributed by atoms with Crippen LogP contribution >= 0.6 is 11.6 Å². The third-order valence-corrected chi connectivity index (χ3v) is 2.14. The fourth-order valence-electron chi connectivity index (χ4n) is 1.24. The summed E-state index contributed by atoms with van der Waals surface area (Å²) in [6.45, 7) is 4.03. The SMILES string of the molecule is CC(C)Oc1cccc(C#CCCCCl)c1. The summed E-state index contributed by atoms with van der Waals surface area (Å²) in [5, 5.41) is 0. The molecule has 0 radical (unpaired) electrons. The Morgan fingerprint density at radius 3 is 2.88 bits per heavy atom. The minimum atomic E-state index is 0.194. The van der Waals surface area contributed by atoms with Gasteiger partial charge in [0.15, 0.2) is 0 Å². The van der Waals surface area contributed by atoms with Gasteiger partial charge in [-0.2, -0.15) is 0 Å². The van der Waals surface area contributed by atoms with E-state index in [-0.39, 0.29) is 6.10 Å². The van der Waals surface area contributed by atoms with Gasteiger partial charge in [-0.3, -0.25) is 0 Å². The number of ether oxygens (including phenoxy) is 1. The van der Waals surface area contributed by atoms with Crippen LogP contribution in [0.1, 0.15) is 32.3 Å². The fourth-order valence-corrected chi connectivity index (χ4v) is 1.37. The van der Waals surface area contributed by atoms with E-state index in [1.54, 1.807) is 0 Å². The molecule has 0 bridgehead atoms. The van der Waals surface area contributed by atoms with E-state index in [1.165, 1.54) is 0 Å². The highest BCUT2D eigenvalue weighted by atomic mass is 35.5. The van der Waals surface area contributed by atoms with Crippen molar-refractivity contribution >= 4 is 11.6 Å². The lowest BCUT2D eigenvalue weighted by molar-refractivity contribution is 0.242. The molecule has 0 aliphatic rings. The summed E-state index contributed by atoms with van der Waals surface area (Å²) in [5.74, 6) is 7.74. The molecule has 86 valence electrons. The number of unbranched alkanes of at least 4 members (excludes halogenated alkanes) is 1. The zero-order valence-electron chi connectivity index (χ0n) is 9.79. The fraction of sp³-hybridized carbons (Fsp3) is 0.429. The predicted molar refractivity (Wildman–Crippen MR) is 69.0 cm³/mol. The van der Waals surface area contributed by atoms with Crippen molar-refractivity contribution in [3.63, 3.8) is 0 Å². The van der Waals surface area contributed by atoms with Crippen molar-refractivity contribution in [2.45, 2.75) is 32.8 Å². The van der Waals surface area contributed by atoms with Gasteiger partial charge in [0.25, 0.3) is 0 Å². The van der Waals surface area contributed by atoms with Gasteiger partial charge in [-0.1, -0.05) is 17.9 Å². The molecule has 0 N–H and O–H groups in total. The largest absolute Gasteiger partial charge is 0.491 e. The topological polar surface area (TPSA) is 9.23 Å². The van der Waals surface area contributed by atoms with Gasteiger partial charge < -0.3 is 4.74 Å². The van der Waals surface area contributed by atoms with E-state index in [9.17, 15) is 0 Å². The smallest absolute Gasteiger partial charge is 0.120 e. The van der Waals surface area contributed by atoms with Crippen molar-refractivity contribution in [2.24, 2.45) is 0 Å². The molecule has 2 heteroatoms. The summed E-state index contributed by atoms with van der Waals surface area (Å²) in [4.78, 5) is 0. The first-order chi connectivity index (χ1) is 7.72. The second-order valence-corrected chi connectivity index (χ2v) is 4.17. The molecule has 0 aliphatic heterocycles. The van der Waals surface area contributed by atoms with Crippen LogP contribution in [0.4, 0.5) is 0 Å². The second kappa shape index (κ2) is 7.19. The number of hydrogen-bond acceptors (Lipinski definition) is 1. The van der Waals surface area contributed by atoms with Gasteiger partial charge in [-0.15, -0.1) is 11.6 Å². The lowest BCUT2D eigenvalue weighted by Gasteiger charge is -2.09. The van der Waals surface area contributed by atoms with Crippen LogP contribution in [0.2, 0.25) is 0 Å². The summed E-state index contributed by atoms with van der Waals surface area (Å²) in [5.41, 5.74) is 0.993. The Bertz CT molecular complexity index is 374. The summed E-state index contributed by atoms with van der Waals surface area (Å²) < 4.78 is 5.59. The van der Waals surface area contributed by atoms with E-state index in [4.69, 9.17) is 16.3 Å². The summed E-state index contributed by atoms with van der Waals surface area (Å²) in [7, 11) is 0. The first kappa shape index (κ1) is 12.9. The van der Waals surface area contributed by atoms with Gasteiger partial charge in [0.2, 0.25) is 0 Å². The number of rotatable bonds is 4. The summed E-state index contributed by atoms with van der Waals surface area (Å²) in [6.07, 6.45) is 1.98. The molecule has 1 aromatic rings. The first-order valence-corrected chi connectivity index (χ1v) is 6.07. The van der Waals surface area contributed by atoms with Gasteiger partial charge >= 0.3 is 0 Å². The van der Waals surface area contributed by atoms with Crippen LogP contribution in [0.5, 0.6) is 5.75 Å². The Morgan fingerprint density at radius 1 is 1.38 bits per heavy atom. The maximum atomic E-state index is 5.59. The molecular weight excluding hydrogens is 220 g/mol. The Morgan fingerprint density at radius 2 is 2.19 bits per heavy atom. The van der Waals surface area contributed by atoms with E-state index in [0.717, 1.165) is 24.2 Å². The van der Waals surface area contributed by atoms with Gasteiger partial charge in [-0.25, -0.2) is 0 Å². The van der Waals surface area contributed by atoms with Crippen molar-refractivity contribution in [2.75, 3.05) is 5.88 Å². The Hall–Kier alpha value is -1.13. The lowest BCUT2D eigenvalue weighted by Crippen LogP contribution is -2.05. The molecule has 0 saturated heterocycles. The van der Waals surface area contributed by atoms with Crippen LogP contribution in [0.3, 0.4) is 0 Å². The molecular formula is C14H17ClO. The van der Waals surface area contributed by atoms with Crippen LogP contribution < -0.4 is 4.74 Å². The highest BCUT2D eigenvalue weighted by Gasteiger charge is 1.97. The highest BCUT2D eigenvalue weighted by Crippen LogP contribution is 2.14. The first-order valence-electron chi connectivity index (χ1n) is 5.54. The Kier molecular flexibility index (Phi) is 5.82. The molecule has 0 unspecified atom stereocenters. The molecule has 16 heavy (non-hydrogen) atoms. The molecule has 0 saturated carbocycles. The highest BCUT2D eigenvalue weighted by molar-refractivity contribution is 6.17. The normalized spacial score (nSPS) is 9.75. The van der Waals surface area contributed by atoms with Crippen LogP contribution in [-0.2, 0) is 0 Å². The minimum Gasteiger partial charge on any atom is -0.491 e. The Balaban J connectivity index is 2.62. The van der Waals surface area contributed by atoms with E-state index in [1.807, 2.05) is 38.1 Å². The zero-order chi connectivity index (χ0) is 11.8. The number of benzene rings is 1. The van der Waals surface area contributed by atoms with Gasteiger partial charge in [0.1, 0.15) is 5.75 Å². The maximum Gasteiger partial charge on any atom is 0.120 e. The molecule has 0 atom stereocenters. The van der Waals surface area contributed by atoms with E-state index < -0.39 is 0 Å². The third kappa shape index (κ3) is 5.09. The average Bonchev–Trinajstić information content (AvgIpc) is 2.24. The number of alkyl halides is 1. The minimum absolute atomic E-state index is 0.194. The molecule has 0 heterocycles. The maximum absolute atomic E-state index is 5.59. The van der Waals surface area contributed by atoms with Crippen molar-refractivity contribution in [3.05, 3.63) is 29.8 Å². The quantitative estimate of drug-likeness (QED) is 0.439. The standard InChI is InChI=1S/C14H17ClO/c1-12(2)16-14-9-6-8-13(11-14)7-4-3-5-10-15/h6,8-9,11-12H,3,5,10H2,1-2H3. The molecule has 0 aromatic heterocycles. The van der Waals surface area contributed by atoms with Gasteiger partial charge in [-0.05, 0) is 38.5 Å². The monoisotopic (exact) mass is 236 g/mol. The molecule has 1 nitrogen and oxygen atoms in total. The molecule has 0 aliphatic carbocycles. The molecule has 1 rings (SSSR count). The lowest BCUT2D eigenvalue weighted by atomic mass is 10.2. The predicted octanol–water partition coefficient (Wildman–Crippen LogP) is 3.84. The zero-order valence-corrected chi connectivity index (χ0v) is 10.6. The van der Waals surface area contributed by atoms with Crippen molar-refractivity contribution in [3.8, 4) is 17.6 Å². The molecule has 0 spiro atoms. The van der Waals surface area contributed by atoms with Crippen LogP contribution in [0, 0.1) is 11.8 Å². The number of hydrogen-bond donors (Lipinski definition) is 0. The van der Waals surface area contributed by atoms with Crippen LogP contribution in [0.15, 0.2) is 24.3 Å². The van der Waals surface area contributed by atoms with E-state index in [0.29, 0.717) is 5.88 Å². The van der Waals surface area contributed by atoms with Crippen LogP contribution in [-0.4, -0.2) is 12.0 Å². The van der Waals surface area contributed by atoms with Crippen LogP contribution in [0.25, 0.3) is 0 Å². The Labute approximate surface area is 103 Å². The van der Waals surface area contributed by atoms with Gasteiger partial charge in [0.05, 0.1) is 6.10 Å². The van der Waals surface area contributed by atoms with Crippen molar-refractivity contribution in [1.82, 2.24) is 0 Å². The van der Waals surface area contributed by atoms with Gasteiger partial charge in [0, 0.05) is 17.9 Å². The van der Waals surface area contributed by atoms with Crippen molar-refractivity contribution in [1.29, 1.82) is 0 Å². The van der Waals surface area contributed by atoms with E-state index in [2.05, 4.69) is 11.8 Å². The molecule has 0 amide bonds. The summed E-state index contributed by atoms with van der Waals surface area (Å²) >= 11 is 5.58. The second-order valence-electron chi connectivity index (χ2n) is 3.79. The average molecular weight is 237 g/mol. The van der Waals surface area contributed by atoms with E-state index >= 15 is 0 Å². The number of halogens is 1. The third-order valence-electron chi connectivity index (χ3n) is 1.87. The van der Waals surface area contributed by atoms with Crippen molar-refractivity contribution < 1.29 is 4.74 Å². The summed E-state index contributed by atoms with van der Waals surface area (Å²) in [6, 6.07) is 7.86. The molecule has 1 aromatic carbocycles. The molecule has 0 fully saturated rings.